The summed E-state index contributed by atoms with van der Waals surface area (Å²) in [6, 6.07) is 11.2. The van der Waals surface area contributed by atoms with Gasteiger partial charge < -0.3 is 19.8 Å². The minimum atomic E-state index is -3.61. The number of aliphatic hydroxyl groups is 1. The number of aryl methyl sites for hydroxylation is 1. The lowest BCUT2D eigenvalue weighted by molar-refractivity contribution is 0.0452. The summed E-state index contributed by atoms with van der Waals surface area (Å²) in [6.45, 7) is 3.80. The first-order valence-electron chi connectivity index (χ1n) is 15.9. The van der Waals surface area contributed by atoms with Gasteiger partial charge in [-0.2, -0.15) is 0 Å². The van der Waals surface area contributed by atoms with Crippen LogP contribution in [0.2, 0.25) is 5.02 Å². The van der Waals surface area contributed by atoms with Crippen molar-refractivity contribution in [2.24, 2.45) is 28.8 Å². The molecule has 2 saturated carbocycles. The van der Waals surface area contributed by atoms with Crippen LogP contribution in [0.25, 0.3) is 0 Å². The van der Waals surface area contributed by atoms with Crippen molar-refractivity contribution in [3.05, 3.63) is 70.3 Å². The van der Waals surface area contributed by atoms with Gasteiger partial charge in [-0.1, -0.05) is 43.2 Å². The molecular weight excluding hydrogens is 600 g/mol. The first kappa shape index (κ1) is 31.4. The van der Waals surface area contributed by atoms with Crippen molar-refractivity contribution in [1.82, 2.24) is 0 Å². The number of rotatable bonds is 7. The molecule has 4 aliphatic rings. The first-order chi connectivity index (χ1) is 20.9. The van der Waals surface area contributed by atoms with Crippen molar-refractivity contribution in [1.29, 1.82) is 0 Å². The molecule has 1 spiro atoms. The fourth-order valence-electron chi connectivity index (χ4n) is 8.29. The predicted octanol–water partition coefficient (Wildman–Crippen LogP) is 5.55. The summed E-state index contributed by atoms with van der Waals surface area (Å²) in [7, 11) is -3.61. The maximum Gasteiger partial charge on any atom is 0.335 e. The average Bonchev–Trinajstić information content (AvgIpc) is 3.11. The van der Waals surface area contributed by atoms with E-state index in [4.69, 9.17) is 21.5 Å². The zero-order valence-corrected chi connectivity index (χ0v) is 26.8. The SMILES string of the molecule is C[C@@H]1[C@@H](/C=C/C(O)[C@@H]2CC[C@H]2CN2C[C@@]3(CCCc4cc(Cl)ccc43)COc3ccc(C(=O)O)cc32)CCC[C@@H]1S(N)(=O)=O. The van der Waals surface area contributed by atoms with E-state index in [1.807, 2.05) is 25.1 Å². The number of carboxylic acids is 1. The molecule has 2 aromatic carbocycles. The van der Waals surface area contributed by atoms with E-state index in [1.165, 1.54) is 11.1 Å². The molecule has 1 aliphatic heterocycles. The molecule has 238 valence electrons. The predicted molar refractivity (Wildman–Crippen MR) is 172 cm³/mol. The number of halogens is 1. The smallest absolute Gasteiger partial charge is 0.335 e. The van der Waals surface area contributed by atoms with E-state index in [0.29, 0.717) is 31.9 Å². The topological polar surface area (TPSA) is 130 Å². The third-order valence-corrected chi connectivity index (χ3v) is 12.7. The van der Waals surface area contributed by atoms with Crippen LogP contribution in [0.4, 0.5) is 5.69 Å². The van der Waals surface area contributed by atoms with Crippen molar-refractivity contribution >= 4 is 33.3 Å². The Morgan fingerprint density at radius 2 is 2.00 bits per heavy atom. The Morgan fingerprint density at radius 3 is 2.73 bits per heavy atom. The van der Waals surface area contributed by atoms with Gasteiger partial charge in [0.05, 0.1) is 29.2 Å². The van der Waals surface area contributed by atoms with Crippen LogP contribution >= 0.6 is 11.6 Å². The highest BCUT2D eigenvalue weighted by atomic mass is 35.5. The van der Waals surface area contributed by atoms with Crippen molar-refractivity contribution < 1.29 is 28.2 Å². The summed E-state index contributed by atoms with van der Waals surface area (Å²) < 4.78 is 30.7. The second-order valence-corrected chi connectivity index (χ2v) is 15.8. The number of sulfonamides is 1. The van der Waals surface area contributed by atoms with Crippen LogP contribution in [-0.2, 0) is 21.9 Å². The number of allylic oxidation sites excluding steroid dienone is 1. The molecule has 7 atom stereocenters. The van der Waals surface area contributed by atoms with Gasteiger partial charge in [-0.15, -0.1) is 0 Å². The maximum absolute atomic E-state index is 12.1. The lowest BCUT2D eigenvalue weighted by Crippen LogP contribution is -2.49. The normalized spacial score (nSPS) is 31.0. The molecule has 0 saturated heterocycles. The van der Waals surface area contributed by atoms with E-state index in [1.54, 1.807) is 18.2 Å². The number of aliphatic hydroxyl groups excluding tert-OH is 1. The van der Waals surface area contributed by atoms with E-state index in [9.17, 15) is 23.4 Å². The van der Waals surface area contributed by atoms with Gasteiger partial charge in [0.2, 0.25) is 10.0 Å². The number of primary sulfonamides is 1. The first-order valence-corrected chi connectivity index (χ1v) is 17.9. The molecule has 0 bridgehead atoms. The van der Waals surface area contributed by atoms with Gasteiger partial charge in [-0.3, -0.25) is 0 Å². The van der Waals surface area contributed by atoms with Crippen LogP contribution in [0.3, 0.4) is 0 Å². The fraction of sp³-hybridized carbons (Fsp3) is 0.559. The highest BCUT2D eigenvalue weighted by Crippen LogP contribution is 2.47. The molecule has 0 radical (unpaired) electrons. The minimum Gasteiger partial charge on any atom is -0.490 e. The largest absolute Gasteiger partial charge is 0.490 e. The monoisotopic (exact) mass is 642 g/mol. The summed E-state index contributed by atoms with van der Waals surface area (Å²) in [4.78, 5) is 14.2. The van der Waals surface area contributed by atoms with E-state index in [-0.39, 0.29) is 34.7 Å². The van der Waals surface area contributed by atoms with Gasteiger partial charge in [0.25, 0.3) is 0 Å². The number of benzene rings is 2. The van der Waals surface area contributed by atoms with Crippen LogP contribution in [0.1, 0.15) is 73.4 Å². The van der Waals surface area contributed by atoms with E-state index in [2.05, 4.69) is 17.0 Å². The molecule has 10 heteroatoms. The molecule has 0 aromatic heterocycles. The van der Waals surface area contributed by atoms with Crippen molar-refractivity contribution in [2.75, 3.05) is 24.6 Å². The minimum absolute atomic E-state index is 0.0582. The van der Waals surface area contributed by atoms with Gasteiger partial charge in [-0.05, 0) is 110 Å². The molecule has 44 heavy (non-hydrogen) atoms. The molecular formula is C34H43ClN2O6S. The molecule has 6 rings (SSSR count). The molecule has 2 aromatic rings. The van der Waals surface area contributed by atoms with Gasteiger partial charge >= 0.3 is 5.97 Å². The van der Waals surface area contributed by atoms with Crippen molar-refractivity contribution in [2.45, 2.75) is 75.1 Å². The standard InChI is InChI=1S/C34H43ClN2O6S/c1-21-22(4-2-6-32(21)44(36,41)42)8-13-30(38)27-11-7-25(27)18-37-19-34(15-3-5-23-16-26(35)10-12-28(23)34)20-43-31-14-9-24(33(39)40)17-29(31)37/h8-10,12-14,16-17,21-22,25,27,30,32,38H,2-7,11,15,18-20H2,1H3,(H,39,40)(H2,36,41,42)/b13-8+/t21-,22-,25+,27-,30?,32+,34+/m1/s1. The zero-order valence-electron chi connectivity index (χ0n) is 25.2. The lowest BCUT2D eigenvalue weighted by Gasteiger charge is -2.45. The van der Waals surface area contributed by atoms with Crippen LogP contribution in [-0.4, -0.2) is 55.7 Å². The summed E-state index contributed by atoms with van der Waals surface area (Å²) >= 11 is 6.38. The molecule has 8 nitrogen and oxygen atoms in total. The van der Waals surface area contributed by atoms with Crippen LogP contribution in [0, 0.1) is 23.7 Å². The summed E-state index contributed by atoms with van der Waals surface area (Å²) in [5, 5.41) is 26.8. The van der Waals surface area contributed by atoms with E-state index in [0.717, 1.165) is 55.7 Å². The molecule has 0 amide bonds. The number of ether oxygens (including phenoxy) is 1. The highest BCUT2D eigenvalue weighted by molar-refractivity contribution is 7.89. The molecule has 2 fully saturated rings. The molecule has 1 heterocycles. The van der Waals surface area contributed by atoms with Crippen LogP contribution < -0.4 is 14.8 Å². The molecule has 4 N–H and O–H groups in total. The quantitative estimate of drug-likeness (QED) is 0.338. The van der Waals surface area contributed by atoms with Gasteiger partial charge in [0.15, 0.2) is 0 Å². The summed E-state index contributed by atoms with van der Waals surface area (Å²) in [5.41, 5.74) is 3.22. The Hall–Kier alpha value is -2.59. The number of hydrogen-bond donors (Lipinski definition) is 3. The van der Waals surface area contributed by atoms with Crippen molar-refractivity contribution in [3.63, 3.8) is 0 Å². The number of fused-ring (bicyclic) bond motifs is 3. The van der Waals surface area contributed by atoms with Gasteiger partial charge in [-0.25, -0.2) is 18.4 Å². The van der Waals surface area contributed by atoms with Gasteiger partial charge in [0, 0.05) is 23.5 Å². The third kappa shape index (κ3) is 6.13. The number of nitrogens with zero attached hydrogens (tertiary/aromatic N) is 1. The summed E-state index contributed by atoms with van der Waals surface area (Å²) in [6.07, 6.45) is 10.3. The van der Waals surface area contributed by atoms with Gasteiger partial charge in [0.1, 0.15) is 5.75 Å². The second kappa shape index (κ2) is 12.3. The number of hydrogen-bond acceptors (Lipinski definition) is 6. The maximum atomic E-state index is 12.1. The Balaban J connectivity index is 1.24. The zero-order chi connectivity index (χ0) is 31.2. The number of carbonyl (C=O) groups is 1. The van der Waals surface area contributed by atoms with E-state index < -0.39 is 27.3 Å². The van der Waals surface area contributed by atoms with Crippen LogP contribution in [0.15, 0.2) is 48.6 Å². The fourth-order valence-corrected chi connectivity index (χ4v) is 9.78. The number of carboxylic acid groups (broad SMARTS) is 1. The summed E-state index contributed by atoms with van der Waals surface area (Å²) in [5.74, 6) is -0.0684. The number of nitrogens with two attached hydrogens (primary N) is 1. The third-order valence-electron chi connectivity index (χ3n) is 10.9. The average molecular weight is 643 g/mol. The van der Waals surface area contributed by atoms with Crippen molar-refractivity contribution in [3.8, 4) is 5.75 Å². The molecule has 1 unspecified atom stereocenters. The van der Waals surface area contributed by atoms with Crippen LogP contribution in [0.5, 0.6) is 5.75 Å². The Labute approximate surface area is 265 Å². The Bertz CT molecular complexity index is 1550. The number of anilines is 1. The Morgan fingerprint density at radius 1 is 1.18 bits per heavy atom. The Kier molecular flexibility index (Phi) is 8.78. The number of aromatic carboxylic acids is 1. The second-order valence-electron chi connectivity index (χ2n) is 13.6. The van der Waals surface area contributed by atoms with E-state index >= 15 is 0 Å². The highest BCUT2D eigenvalue weighted by Gasteiger charge is 2.44. The lowest BCUT2D eigenvalue weighted by atomic mass is 9.68. The molecule has 3 aliphatic carbocycles.